The molecule has 1 rings (SSSR count). The Labute approximate surface area is 429 Å². The number of carbonyl (C=O) groups excluding carboxylic acids is 1. The summed E-state index contributed by atoms with van der Waals surface area (Å²) in [6.45, 7) is 4.43. The van der Waals surface area contributed by atoms with Crippen molar-refractivity contribution in [2.45, 2.75) is 269 Å². The van der Waals surface area contributed by atoms with Gasteiger partial charge >= 0.3 is 5.97 Å². The molecule has 4 N–H and O–H groups in total. The van der Waals surface area contributed by atoms with Gasteiger partial charge in [-0.1, -0.05) is 221 Å². The minimum Gasteiger partial charge on any atom is -0.457 e. The van der Waals surface area contributed by atoms with Crippen LogP contribution in [0.4, 0.5) is 0 Å². The third-order valence-electron chi connectivity index (χ3n) is 12.8. The molecule has 70 heavy (non-hydrogen) atoms. The molecular weight excluding hydrogens is 877 g/mol. The second-order valence-electron chi connectivity index (χ2n) is 19.4. The van der Waals surface area contributed by atoms with E-state index in [-0.39, 0.29) is 25.6 Å². The minimum atomic E-state index is -1.55. The molecule has 1 aliphatic heterocycles. The molecule has 0 bridgehead atoms. The highest BCUT2D eigenvalue weighted by Gasteiger charge is 2.44. The lowest BCUT2D eigenvalue weighted by atomic mass is 9.99. The van der Waals surface area contributed by atoms with Crippen molar-refractivity contribution in [1.29, 1.82) is 0 Å². The normalized spacial score (nSPS) is 19.5. The Morgan fingerprint density at radius 2 is 0.871 bits per heavy atom. The van der Waals surface area contributed by atoms with Gasteiger partial charge in [0.2, 0.25) is 0 Å². The molecule has 0 spiro atoms. The van der Waals surface area contributed by atoms with Crippen LogP contribution in [-0.4, -0.2) is 89.6 Å². The molecule has 0 saturated carbocycles. The summed E-state index contributed by atoms with van der Waals surface area (Å²) in [6, 6.07) is 0. The highest BCUT2D eigenvalue weighted by atomic mass is 16.7. The summed E-state index contributed by atoms with van der Waals surface area (Å²) in [4.78, 5) is 12.9. The SMILES string of the molecule is CC/C=C\C/C=C\C/C=C\C/C=C\C/C=C\C/C=C\CCCCCCC(=O)OC(COCCCCCCCCCCCCCC/C=C\CCCCCCCCCC)COC1OC(CO)C(O)C(O)C1O. The van der Waals surface area contributed by atoms with E-state index in [2.05, 4.69) is 98.9 Å². The number of allylic oxidation sites excluding steroid dienone is 14. The number of aliphatic hydroxyl groups excluding tert-OH is 4. The molecule has 1 heterocycles. The van der Waals surface area contributed by atoms with E-state index in [9.17, 15) is 25.2 Å². The molecule has 0 aromatic heterocycles. The molecule has 6 unspecified atom stereocenters. The van der Waals surface area contributed by atoms with Crippen molar-refractivity contribution in [2.75, 3.05) is 26.4 Å². The van der Waals surface area contributed by atoms with Gasteiger partial charge in [0.15, 0.2) is 6.29 Å². The van der Waals surface area contributed by atoms with Crippen molar-refractivity contribution in [1.82, 2.24) is 0 Å². The van der Waals surface area contributed by atoms with Gasteiger partial charge in [-0.25, -0.2) is 0 Å². The van der Waals surface area contributed by atoms with Crippen LogP contribution in [0.2, 0.25) is 0 Å². The maximum Gasteiger partial charge on any atom is 0.306 e. The highest BCUT2D eigenvalue weighted by Crippen LogP contribution is 2.23. The van der Waals surface area contributed by atoms with Gasteiger partial charge in [-0.15, -0.1) is 0 Å². The molecule has 9 heteroatoms. The first-order valence-corrected chi connectivity index (χ1v) is 28.7. The van der Waals surface area contributed by atoms with Crippen LogP contribution < -0.4 is 0 Å². The molecule has 9 nitrogen and oxygen atoms in total. The molecule has 0 aromatic rings. The Bertz CT molecular complexity index is 1350. The number of carbonyl (C=O) groups is 1. The molecule has 0 aliphatic carbocycles. The van der Waals surface area contributed by atoms with Crippen LogP contribution in [-0.2, 0) is 23.7 Å². The summed E-state index contributed by atoms with van der Waals surface area (Å²) >= 11 is 0. The first-order chi connectivity index (χ1) is 34.4. The van der Waals surface area contributed by atoms with Gasteiger partial charge in [0.05, 0.1) is 19.8 Å². The Morgan fingerprint density at radius 3 is 1.33 bits per heavy atom. The summed E-state index contributed by atoms with van der Waals surface area (Å²) in [5, 5.41) is 40.4. The molecule has 0 radical (unpaired) electrons. The molecule has 6 atom stereocenters. The molecule has 404 valence electrons. The Kier molecular flexibility index (Phi) is 47.9. The van der Waals surface area contributed by atoms with Gasteiger partial charge in [-0.05, 0) is 89.9 Å². The number of esters is 1. The van der Waals surface area contributed by atoms with E-state index >= 15 is 0 Å². The van der Waals surface area contributed by atoms with Crippen molar-refractivity contribution < 1.29 is 44.2 Å². The van der Waals surface area contributed by atoms with Crippen LogP contribution in [0, 0.1) is 0 Å². The van der Waals surface area contributed by atoms with Crippen LogP contribution in [0.15, 0.2) is 85.1 Å². The Hall–Kier alpha value is -2.63. The van der Waals surface area contributed by atoms with E-state index in [1.807, 2.05) is 0 Å². The lowest BCUT2D eigenvalue weighted by Crippen LogP contribution is -2.59. The summed E-state index contributed by atoms with van der Waals surface area (Å²) in [6.07, 6.45) is 63.4. The molecule has 1 aliphatic rings. The predicted molar refractivity (Wildman–Crippen MR) is 293 cm³/mol. The second-order valence-corrected chi connectivity index (χ2v) is 19.4. The zero-order chi connectivity index (χ0) is 50.6. The number of rotatable bonds is 49. The molecule has 0 amide bonds. The number of hydrogen-bond acceptors (Lipinski definition) is 9. The average molecular weight is 984 g/mol. The van der Waals surface area contributed by atoms with Crippen molar-refractivity contribution >= 4 is 5.97 Å². The van der Waals surface area contributed by atoms with Crippen molar-refractivity contribution in [3.63, 3.8) is 0 Å². The second kappa shape index (κ2) is 51.3. The Morgan fingerprint density at radius 1 is 0.471 bits per heavy atom. The number of aliphatic hydroxyl groups is 4. The number of hydrogen-bond donors (Lipinski definition) is 4. The van der Waals surface area contributed by atoms with Crippen LogP contribution in [0.3, 0.4) is 0 Å². The lowest BCUT2D eigenvalue weighted by Gasteiger charge is -2.39. The summed E-state index contributed by atoms with van der Waals surface area (Å²) in [7, 11) is 0. The molecule has 1 fully saturated rings. The van der Waals surface area contributed by atoms with E-state index in [0.29, 0.717) is 6.61 Å². The molecular formula is C61H106O9. The van der Waals surface area contributed by atoms with Gasteiger partial charge in [0, 0.05) is 13.0 Å². The predicted octanol–water partition coefficient (Wildman–Crippen LogP) is 14.9. The van der Waals surface area contributed by atoms with E-state index in [4.69, 9.17) is 18.9 Å². The van der Waals surface area contributed by atoms with Crippen LogP contribution in [0.5, 0.6) is 0 Å². The maximum absolute atomic E-state index is 12.9. The minimum absolute atomic E-state index is 0.128. The number of ether oxygens (including phenoxy) is 4. The first kappa shape index (κ1) is 65.4. The van der Waals surface area contributed by atoms with Crippen molar-refractivity contribution in [3.05, 3.63) is 85.1 Å². The quantitative estimate of drug-likeness (QED) is 0.0267. The lowest BCUT2D eigenvalue weighted by molar-refractivity contribution is -0.305. The number of unbranched alkanes of at least 4 members (excludes halogenated alkanes) is 24. The van der Waals surface area contributed by atoms with Gasteiger partial charge < -0.3 is 39.4 Å². The maximum atomic E-state index is 12.9. The van der Waals surface area contributed by atoms with Crippen molar-refractivity contribution in [3.8, 4) is 0 Å². The Balaban J connectivity index is 2.19. The van der Waals surface area contributed by atoms with Gasteiger partial charge in [-0.2, -0.15) is 0 Å². The third kappa shape index (κ3) is 40.9. The monoisotopic (exact) mass is 983 g/mol. The van der Waals surface area contributed by atoms with Gasteiger partial charge in [0.1, 0.15) is 30.5 Å². The van der Waals surface area contributed by atoms with Gasteiger partial charge in [0.25, 0.3) is 0 Å². The van der Waals surface area contributed by atoms with Gasteiger partial charge in [-0.3, -0.25) is 4.79 Å². The van der Waals surface area contributed by atoms with Crippen LogP contribution in [0.1, 0.15) is 232 Å². The zero-order valence-corrected chi connectivity index (χ0v) is 44.7. The topological polar surface area (TPSA) is 135 Å². The fraction of sp³-hybridized carbons (Fsp3) is 0.754. The summed E-state index contributed by atoms with van der Waals surface area (Å²) < 4.78 is 22.9. The van der Waals surface area contributed by atoms with Crippen molar-refractivity contribution in [2.24, 2.45) is 0 Å². The largest absolute Gasteiger partial charge is 0.457 e. The van der Waals surface area contributed by atoms with E-state index in [1.54, 1.807) is 0 Å². The zero-order valence-electron chi connectivity index (χ0n) is 44.7. The fourth-order valence-electron chi connectivity index (χ4n) is 8.37. The van der Waals surface area contributed by atoms with E-state index in [1.165, 1.54) is 128 Å². The smallest absolute Gasteiger partial charge is 0.306 e. The van der Waals surface area contributed by atoms with E-state index in [0.717, 1.165) is 83.5 Å². The summed E-state index contributed by atoms with van der Waals surface area (Å²) in [5.41, 5.74) is 0. The standard InChI is InChI=1S/C61H106O9/c1-3-5-7-9-11-13-15-17-19-21-23-25-27-29-31-33-35-37-39-41-43-45-47-49-51-67-53-55(54-68-61-60(66)59(65)58(64)56(52-62)70-61)69-57(63)50-48-46-44-42-40-38-36-34-32-30-28-26-24-22-20-18-16-14-12-10-8-6-4-2/h6,8,12,14,18,20-21,23-24,26,30,32,36,38,55-56,58-62,64-66H,3-5,7,9-11,13,15-17,19,22,25,27-29,31,33-35,37,39-54H2,1-2H3/b8-6-,14-12-,20-18-,23-21-,26-24-,32-30-,38-36-. The first-order valence-electron chi connectivity index (χ1n) is 28.7. The fourth-order valence-corrected chi connectivity index (χ4v) is 8.37. The van der Waals surface area contributed by atoms with E-state index < -0.39 is 43.4 Å². The van der Waals surface area contributed by atoms with Crippen LogP contribution in [0.25, 0.3) is 0 Å². The van der Waals surface area contributed by atoms with Crippen LogP contribution >= 0.6 is 0 Å². The summed E-state index contributed by atoms with van der Waals surface area (Å²) in [5.74, 6) is -0.338. The molecule has 0 aromatic carbocycles. The average Bonchev–Trinajstić information content (AvgIpc) is 3.36. The third-order valence-corrected chi connectivity index (χ3v) is 12.8. The highest BCUT2D eigenvalue weighted by molar-refractivity contribution is 5.69. The molecule has 1 saturated heterocycles.